The van der Waals surface area contributed by atoms with E-state index < -0.39 is 0 Å². The van der Waals surface area contributed by atoms with Gasteiger partial charge in [0.1, 0.15) is 17.4 Å². The Bertz CT molecular complexity index is 792. The second-order valence-electron chi connectivity index (χ2n) is 6.31. The highest BCUT2D eigenvalue weighted by Crippen LogP contribution is 2.38. The van der Waals surface area contributed by atoms with Crippen LogP contribution in [-0.2, 0) is 6.42 Å². The van der Waals surface area contributed by atoms with Crippen molar-refractivity contribution in [3.8, 4) is 5.75 Å². The molecule has 2 aromatic rings. The fourth-order valence-electron chi connectivity index (χ4n) is 3.40. The highest BCUT2D eigenvalue weighted by molar-refractivity contribution is 5.86. The quantitative estimate of drug-likeness (QED) is 0.768. The van der Waals surface area contributed by atoms with E-state index in [1.807, 2.05) is 24.8 Å². The zero-order valence-electron chi connectivity index (χ0n) is 14.0. The zero-order chi connectivity index (χ0) is 17.3. The Morgan fingerprint density at radius 3 is 2.58 bits per heavy atom. The number of benzene rings is 1. The summed E-state index contributed by atoms with van der Waals surface area (Å²) in [5, 5.41) is 19.2. The average molecular weight is 333 g/mol. The first-order valence-electron chi connectivity index (χ1n) is 8.21. The number of aryl methyl sites for hydroxylation is 2. The summed E-state index contributed by atoms with van der Waals surface area (Å²) in [6, 6.07) is 3.55. The molecule has 0 saturated heterocycles. The molecular formula is C18H23NO5. The molecule has 0 amide bonds. The van der Waals surface area contributed by atoms with Crippen LogP contribution in [0.15, 0.2) is 21.3 Å². The van der Waals surface area contributed by atoms with Crippen LogP contribution in [-0.4, -0.2) is 54.1 Å². The number of hydrogen-bond donors (Lipinski definition) is 2. The van der Waals surface area contributed by atoms with Crippen LogP contribution < -0.4 is 10.4 Å². The van der Waals surface area contributed by atoms with Crippen molar-refractivity contribution in [1.29, 1.82) is 0 Å². The molecule has 3 rings (SSSR count). The molecule has 1 atom stereocenters. The first-order valence-corrected chi connectivity index (χ1v) is 8.21. The molecule has 0 bridgehead atoms. The van der Waals surface area contributed by atoms with Crippen LogP contribution in [0.2, 0.25) is 0 Å². The Labute approximate surface area is 140 Å². The summed E-state index contributed by atoms with van der Waals surface area (Å²) in [5.74, 6) is 0.786. The van der Waals surface area contributed by atoms with Gasteiger partial charge in [0.25, 0.3) is 0 Å². The molecule has 0 spiro atoms. The predicted octanol–water partition coefficient (Wildman–Crippen LogP) is 1.000. The molecule has 2 N–H and O–H groups in total. The first-order chi connectivity index (χ1) is 11.5. The molecule has 0 radical (unpaired) electrons. The van der Waals surface area contributed by atoms with E-state index in [4.69, 9.17) is 19.4 Å². The van der Waals surface area contributed by atoms with Gasteiger partial charge in [-0.1, -0.05) is 0 Å². The second-order valence-corrected chi connectivity index (χ2v) is 6.31. The summed E-state index contributed by atoms with van der Waals surface area (Å²) >= 11 is 0. The Kier molecular flexibility index (Phi) is 4.89. The fraction of sp³-hybridized carbons (Fsp3) is 0.500. The number of fused-ring (bicyclic) bond motifs is 2. The summed E-state index contributed by atoms with van der Waals surface area (Å²) < 4.78 is 11.5. The highest BCUT2D eigenvalue weighted by Gasteiger charge is 2.28. The van der Waals surface area contributed by atoms with Gasteiger partial charge in [0.05, 0.1) is 13.2 Å². The van der Waals surface area contributed by atoms with E-state index in [9.17, 15) is 4.79 Å². The van der Waals surface area contributed by atoms with E-state index in [0.29, 0.717) is 25.2 Å². The van der Waals surface area contributed by atoms with Crippen molar-refractivity contribution in [3.05, 3.63) is 39.2 Å². The molecule has 6 nitrogen and oxygen atoms in total. The van der Waals surface area contributed by atoms with Crippen LogP contribution in [0.5, 0.6) is 5.75 Å². The lowest BCUT2D eigenvalue weighted by Gasteiger charge is -2.23. The Morgan fingerprint density at radius 1 is 1.21 bits per heavy atom. The minimum atomic E-state index is -0.352. The fourth-order valence-corrected chi connectivity index (χ4v) is 3.40. The number of ether oxygens (including phenoxy) is 1. The molecule has 6 heteroatoms. The Hall–Kier alpha value is -1.89. The maximum Gasteiger partial charge on any atom is 0.336 e. The molecule has 1 aromatic heterocycles. The van der Waals surface area contributed by atoms with Gasteiger partial charge >= 0.3 is 5.63 Å². The molecule has 1 unspecified atom stereocenters. The normalized spacial score (nSPS) is 16.6. The van der Waals surface area contributed by atoms with E-state index in [1.54, 1.807) is 0 Å². The minimum Gasteiger partial charge on any atom is -0.488 e. The van der Waals surface area contributed by atoms with E-state index in [2.05, 4.69) is 0 Å². The second kappa shape index (κ2) is 6.93. The largest absolute Gasteiger partial charge is 0.488 e. The highest BCUT2D eigenvalue weighted by atomic mass is 16.5. The monoisotopic (exact) mass is 333 g/mol. The van der Waals surface area contributed by atoms with Crippen LogP contribution in [0.3, 0.4) is 0 Å². The van der Waals surface area contributed by atoms with Gasteiger partial charge < -0.3 is 19.4 Å². The topological polar surface area (TPSA) is 83.1 Å². The molecule has 24 heavy (non-hydrogen) atoms. The molecule has 0 fully saturated rings. The molecule has 130 valence electrons. The molecular weight excluding hydrogens is 310 g/mol. The lowest BCUT2D eigenvalue weighted by molar-refractivity contribution is 0.111. The molecule has 1 aliphatic heterocycles. The zero-order valence-corrected chi connectivity index (χ0v) is 14.0. The minimum absolute atomic E-state index is 0.0411. The van der Waals surface area contributed by atoms with Crippen molar-refractivity contribution in [1.82, 2.24) is 4.90 Å². The lowest BCUT2D eigenvalue weighted by Crippen LogP contribution is -2.38. The summed E-state index contributed by atoms with van der Waals surface area (Å²) in [6.07, 6.45) is 0.721. The molecule has 0 saturated carbocycles. The van der Waals surface area contributed by atoms with Crippen LogP contribution in [0.4, 0.5) is 0 Å². The molecule has 1 aromatic carbocycles. The van der Waals surface area contributed by atoms with Gasteiger partial charge in [0.2, 0.25) is 0 Å². The smallest absolute Gasteiger partial charge is 0.336 e. The van der Waals surface area contributed by atoms with Gasteiger partial charge in [-0.2, -0.15) is 0 Å². The van der Waals surface area contributed by atoms with E-state index in [0.717, 1.165) is 34.2 Å². The van der Waals surface area contributed by atoms with Gasteiger partial charge in [-0.15, -0.1) is 0 Å². The molecule has 0 aliphatic carbocycles. The predicted molar refractivity (Wildman–Crippen MR) is 90.7 cm³/mol. The number of hydrogen-bond acceptors (Lipinski definition) is 6. The number of nitrogens with zero attached hydrogens (tertiary/aromatic N) is 1. The number of aliphatic hydroxyl groups excluding tert-OH is 2. The molecule has 1 aliphatic rings. The number of aliphatic hydroxyl groups is 2. The van der Waals surface area contributed by atoms with Crippen molar-refractivity contribution in [3.63, 3.8) is 0 Å². The third-order valence-corrected chi connectivity index (χ3v) is 4.52. The maximum atomic E-state index is 11.6. The standard InChI is InChI=1S/C18H23NO5/c1-11-7-16(22)24-18-12(2)17-13(9-15(11)18)8-14(23-17)10-19(3-5-20)4-6-21/h7,9,14,20-21H,3-6,8,10H2,1-2H3. The van der Waals surface area contributed by atoms with Crippen molar-refractivity contribution in [2.45, 2.75) is 26.4 Å². The summed E-state index contributed by atoms with van der Waals surface area (Å²) in [7, 11) is 0. The van der Waals surface area contributed by atoms with Gasteiger partial charge in [-0.25, -0.2) is 4.79 Å². The van der Waals surface area contributed by atoms with Crippen LogP contribution in [0.1, 0.15) is 16.7 Å². The third kappa shape index (κ3) is 3.17. The van der Waals surface area contributed by atoms with Crippen LogP contribution in [0, 0.1) is 13.8 Å². The van der Waals surface area contributed by atoms with Crippen molar-refractivity contribution >= 4 is 11.0 Å². The number of rotatable bonds is 6. The van der Waals surface area contributed by atoms with Crippen molar-refractivity contribution < 1.29 is 19.4 Å². The van der Waals surface area contributed by atoms with E-state index in [1.165, 1.54) is 6.07 Å². The van der Waals surface area contributed by atoms with Crippen LogP contribution >= 0.6 is 0 Å². The Balaban J connectivity index is 1.89. The summed E-state index contributed by atoms with van der Waals surface area (Å²) in [5.41, 5.74) is 3.09. The van der Waals surface area contributed by atoms with Crippen LogP contribution in [0.25, 0.3) is 11.0 Å². The summed E-state index contributed by atoms with van der Waals surface area (Å²) in [4.78, 5) is 13.6. The van der Waals surface area contributed by atoms with Gasteiger partial charge in [-0.05, 0) is 31.0 Å². The van der Waals surface area contributed by atoms with E-state index >= 15 is 0 Å². The third-order valence-electron chi connectivity index (χ3n) is 4.52. The Morgan fingerprint density at radius 2 is 1.92 bits per heavy atom. The van der Waals surface area contributed by atoms with E-state index in [-0.39, 0.29) is 24.9 Å². The van der Waals surface area contributed by atoms with Gasteiger partial charge in [0, 0.05) is 43.1 Å². The van der Waals surface area contributed by atoms with Gasteiger partial charge in [0.15, 0.2) is 0 Å². The van der Waals surface area contributed by atoms with Gasteiger partial charge in [-0.3, -0.25) is 4.90 Å². The summed E-state index contributed by atoms with van der Waals surface area (Å²) in [6.45, 7) is 5.56. The van der Waals surface area contributed by atoms with Crippen molar-refractivity contribution in [2.24, 2.45) is 0 Å². The maximum absolute atomic E-state index is 11.6. The molecule has 2 heterocycles. The first kappa shape index (κ1) is 17.0. The average Bonchev–Trinajstić information content (AvgIpc) is 2.92. The SMILES string of the molecule is Cc1cc(=O)oc2c(C)c3c(cc12)CC(CN(CCO)CCO)O3. The lowest BCUT2D eigenvalue weighted by atomic mass is 10.0. The van der Waals surface area contributed by atoms with Crippen molar-refractivity contribution in [2.75, 3.05) is 32.8 Å².